The van der Waals surface area contributed by atoms with E-state index in [1.807, 2.05) is 6.92 Å². The van der Waals surface area contributed by atoms with Gasteiger partial charge in [-0.25, -0.2) is 18.4 Å². The molecule has 8 heteroatoms. The van der Waals surface area contributed by atoms with Crippen LogP contribution in [0.5, 0.6) is 0 Å². The molecule has 2 aromatic rings. The fraction of sp³-hybridized carbons (Fsp3) is 0.600. The van der Waals surface area contributed by atoms with Gasteiger partial charge in [0.25, 0.3) is 0 Å². The van der Waals surface area contributed by atoms with Crippen LogP contribution in [0.2, 0.25) is 5.02 Å². The number of nitrogens with zero attached hydrogens (tertiary/aromatic N) is 3. The topological polar surface area (TPSA) is 75.2 Å². The molecule has 0 saturated heterocycles. The summed E-state index contributed by atoms with van der Waals surface area (Å²) in [6, 6.07) is 4.92. The molecule has 0 amide bonds. The predicted octanol–water partition coefficient (Wildman–Crippen LogP) is 4.81. The van der Waals surface area contributed by atoms with Crippen LogP contribution in [-0.4, -0.2) is 35.8 Å². The Morgan fingerprint density at radius 2 is 1.82 bits per heavy atom. The second-order valence-electron chi connectivity index (χ2n) is 10.9. The van der Waals surface area contributed by atoms with E-state index < -0.39 is 10.0 Å². The van der Waals surface area contributed by atoms with Crippen LogP contribution in [-0.2, 0) is 23.0 Å². The smallest absolute Gasteiger partial charge is 0.243 e. The first-order valence-electron chi connectivity index (χ1n) is 12.1. The Labute approximate surface area is 201 Å². The molecule has 176 valence electrons. The quantitative estimate of drug-likeness (QED) is 0.656. The van der Waals surface area contributed by atoms with Gasteiger partial charge in [-0.1, -0.05) is 17.7 Å². The van der Waals surface area contributed by atoms with E-state index in [2.05, 4.69) is 15.3 Å². The molecule has 5 aliphatic rings. The van der Waals surface area contributed by atoms with E-state index in [1.54, 1.807) is 24.5 Å². The van der Waals surface area contributed by atoms with Gasteiger partial charge in [-0.15, -0.1) is 0 Å². The van der Waals surface area contributed by atoms with Crippen LogP contribution >= 0.6 is 11.6 Å². The second-order valence-corrected chi connectivity index (χ2v) is 13.3. The number of fused-ring (bicyclic) bond motifs is 1. The van der Waals surface area contributed by atoms with Crippen LogP contribution in [0.1, 0.15) is 55.3 Å². The van der Waals surface area contributed by atoms with Crippen molar-refractivity contribution in [3.05, 3.63) is 46.4 Å². The van der Waals surface area contributed by atoms with Crippen LogP contribution < -0.4 is 5.32 Å². The average Bonchev–Trinajstić information content (AvgIpc) is 2.78. The molecule has 33 heavy (non-hydrogen) atoms. The highest BCUT2D eigenvalue weighted by Gasteiger charge is 2.50. The van der Waals surface area contributed by atoms with Crippen molar-refractivity contribution >= 4 is 27.4 Å². The molecule has 4 fully saturated rings. The second kappa shape index (κ2) is 7.92. The minimum absolute atomic E-state index is 0.232. The fourth-order valence-corrected chi connectivity index (χ4v) is 9.02. The minimum Gasteiger partial charge on any atom is -0.369 e. The van der Waals surface area contributed by atoms with Crippen molar-refractivity contribution in [3.8, 4) is 0 Å². The molecule has 0 spiro atoms. The van der Waals surface area contributed by atoms with Crippen molar-refractivity contribution in [3.63, 3.8) is 0 Å². The first-order valence-corrected chi connectivity index (χ1v) is 14.0. The average molecular weight is 487 g/mol. The van der Waals surface area contributed by atoms with Crippen LogP contribution in [0.4, 0.5) is 5.82 Å². The summed E-state index contributed by atoms with van der Waals surface area (Å²) in [5.74, 6) is 3.66. The highest BCUT2D eigenvalue weighted by atomic mass is 35.5. The zero-order valence-electron chi connectivity index (χ0n) is 19.1. The minimum atomic E-state index is -3.63. The van der Waals surface area contributed by atoms with Gasteiger partial charge in [0, 0.05) is 23.7 Å². The number of sulfonamides is 1. The van der Waals surface area contributed by atoms with E-state index >= 15 is 0 Å². The molecule has 0 atom stereocenters. The maximum atomic E-state index is 13.2. The standard InChI is InChI=1S/C25H31ClN4O2S/c1-16-2-3-20(9-22(16)26)33(31,32)30-5-4-21-23(13-30)28-15-29-24(21)27-14-25-10-17-6-18(11-25)8-19(7-17)12-25/h2-3,9,15,17-19H,4-8,10-14H2,1H3,(H,27,28,29). The summed E-state index contributed by atoms with van der Waals surface area (Å²) in [4.78, 5) is 9.26. The summed E-state index contributed by atoms with van der Waals surface area (Å²) in [6.07, 6.45) is 10.6. The third-order valence-corrected chi connectivity index (χ3v) is 10.8. The maximum Gasteiger partial charge on any atom is 0.243 e. The number of hydrogen-bond donors (Lipinski definition) is 1. The van der Waals surface area contributed by atoms with E-state index in [0.29, 0.717) is 23.4 Å². The summed E-state index contributed by atoms with van der Waals surface area (Å²) in [6.45, 7) is 3.52. The van der Waals surface area contributed by atoms with Crippen LogP contribution in [0.15, 0.2) is 29.4 Å². The Bertz CT molecular complexity index is 1160. The number of aromatic nitrogens is 2. The van der Waals surface area contributed by atoms with E-state index in [9.17, 15) is 8.42 Å². The van der Waals surface area contributed by atoms with Gasteiger partial charge in [-0.05, 0) is 92.7 Å². The Hall–Kier alpha value is -1.70. The molecule has 4 bridgehead atoms. The monoisotopic (exact) mass is 486 g/mol. The van der Waals surface area contributed by atoms with Gasteiger partial charge in [0.2, 0.25) is 10.0 Å². The summed E-state index contributed by atoms with van der Waals surface area (Å²) in [7, 11) is -3.63. The van der Waals surface area contributed by atoms with E-state index in [0.717, 1.165) is 46.9 Å². The maximum absolute atomic E-state index is 13.2. The largest absolute Gasteiger partial charge is 0.369 e. The third kappa shape index (κ3) is 3.86. The Kier molecular flexibility index (Phi) is 5.24. The summed E-state index contributed by atoms with van der Waals surface area (Å²) in [5, 5.41) is 4.16. The lowest BCUT2D eigenvalue weighted by molar-refractivity contribution is -0.0444. The van der Waals surface area contributed by atoms with E-state index in [4.69, 9.17) is 11.6 Å². The van der Waals surface area contributed by atoms with Gasteiger partial charge in [-0.3, -0.25) is 0 Å². The number of nitrogens with one attached hydrogen (secondary N) is 1. The number of halogens is 1. The van der Waals surface area contributed by atoms with Crippen molar-refractivity contribution in [2.24, 2.45) is 23.2 Å². The van der Waals surface area contributed by atoms with Crippen LogP contribution in [0.25, 0.3) is 0 Å². The SMILES string of the molecule is Cc1ccc(S(=O)(=O)N2CCc3c(ncnc3NCC34CC5CC(CC(C5)C3)C4)C2)cc1Cl. The molecule has 0 radical (unpaired) electrons. The number of anilines is 1. The van der Waals surface area contributed by atoms with Crippen molar-refractivity contribution in [1.29, 1.82) is 0 Å². The van der Waals surface area contributed by atoms with Crippen LogP contribution in [0.3, 0.4) is 0 Å². The molecule has 1 aliphatic heterocycles. The Morgan fingerprint density at radius 1 is 1.12 bits per heavy atom. The lowest BCUT2D eigenvalue weighted by Crippen LogP contribution is -2.49. The zero-order chi connectivity index (χ0) is 22.8. The molecule has 2 heterocycles. The molecular weight excluding hydrogens is 456 g/mol. The predicted molar refractivity (Wildman–Crippen MR) is 129 cm³/mol. The Balaban J connectivity index is 1.20. The van der Waals surface area contributed by atoms with Gasteiger partial charge in [0.05, 0.1) is 17.1 Å². The summed E-state index contributed by atoms with van der Waals surface area (Å²) in [5.41, 5.74) is 3.14. The lowest BCUT2D eigenvalue weighted by Gasteiger charge is -2.57. The highest BCUT2D eigenvalue weighted by molar-refractivity contribution is 7.89. The highest BCUT2D eigenvalue weighted by Crippen LogP contribution is 2.60. The van der Waals surface area contributed by atoms with Crippen LogP contribution in [0, 0.1) is 30.1 Å². The molecule has 4 saturated carbocycles. The molecule has 1 N–H and O–H groups in total. The molecule has 1 aromatic heterocycles. The van der Waals surface area contributed by atoms with Gasteiger partial charge in [-0.2, -0.15) is 4.31 Å². The van der Waals surface area contributed by atoms with E-state index in [-0.39, 0.29) is 11.4 Å². The molecule has 4 aliphatic carbocycles. The fourth-order valence-electron chi connectivity index (χ4n) is 7.35. The Morgan fingerprint density at radius 3 is 2.48 bits per heavy atom. The zero-order valence-corrected chi connectivity index (χ0v) is 20.6. The van der Waals surface area contributed by atoms with Gasteiger partial charge in [0.1, 0.15) is 12.1 Å². The van der Waals surface area contributed by atoms with Gasteiger partial charge >= 0.3 is 0 Å². The third-order valence-electron chi connectivity index (χ3n) is 8.55. The number of rotatable bonds is 5. The summed E-state index contributed by atoms with van der Waals surface area (Å²) < 4.78 is 28.0. The molecule has 1 aromatic carbocycles. The van der Waals surface area contributed by atoms with Crippen molar-refractivity contribution in [2.45, 2.75) is 63.3 Å². The van der Waals surface area contributed by atoms with Crippen molar-refractivity contribution in [2.75, 3.05) is 18.4 Å². The number of aryl methyl sites for hydroxylation is 1. The first kappa shape index (κ1) is 21.8. The lowest BCUT2D eigenvalue weighted by atomic mass is 9.49. The molecule has 0 unspecified atom stereocenters. The number of benzene rings is 1. The molecule has 6 nitrogen and oxygen atoms in total. The van der Waals surface area contributed by atoms with Crippen molar-refractivity contribution in [1.82, 2.24) is 14.3 Å². The number of hydrogen-bond acceptors (Lipinski definition) is 5. The molecular formula is C25H31ClN4O2S. The van der Waals surface area contributed by atoms with Gasteiger partial charge in [0.15, 0.2) is 0 Å². The summed E-state index contributed by atoms with van der Waals surface area (Å²) >= 11 is 6.20. The van der Waals surface area contributed by atoms with Gasteiger partial charge < -0.3 is 5.32 Å². The molecule has 7 rings (SSSR count). The normalized spacial score (nSPS) is 30.9. The van der Waals surface area contributed by atoms with E-state index in [1.165, 1.54) is 42.8 Å². The first-order chi connectivity index (χ1) is 15.8. The van der Waals surface area contributed by atoms with Crippen molar-refractivity contribution < 1.29 is 8.42 Å².